The van der Waals surface area contributed by atoms with E-state index in [-0.39, 0.29) is 21.5 Å². The van der Waals surface area contributed by atoms with Gasteiger partial charge in [0.25, 0.3) is 5.91 Å². The van der Waals surface area contributed by atoms with Crippen LogP contribution in [0.4, 0.5) is 0 Å². The number of aromatic hydroxyl groups is 1. The summed E-state index contributed by atoms with van der Waals surface area (Å²) in [5, 5.41) is 9.67. The van der Waals surface area contributed by atoms with Gasteiger partial charge < -0.3 is 9.66 Å². The summed E-state index contributed by atoms with van der Waals surface area (Å²) in [5.74, 6) is -1.15. The largest absolute Gasteiger partial charge is 0.748 e. The first-order valence-corrected chi connectivity index (χ1v) is 8.55. The van der Waals surface area contributed by atoms with Crippen LogP contribution in [-0.4, -0.2) is 45.5 Å². The second kappa shape index (κ2) is 6.14. The molecule has 1 saturated heterocycles. The van der Waals surface area contributed by atoms with Crippen LogP contribution in [-0.2, 0) is 14.9 Å². The number of thioether (sulfide) groups is 1. The highest BCUT2D eigenvalue weighted by molar-refractivity contribution is 8.26. The lowest BCUT2D eigenvalue weighted by atomic mass is 10.2. The van der Waals surface area contributed by atoms with Crippen molar-refractivity contribution < 1.29 is 22.9 Å². The molecule has 6 nitrogen and oxygen atoms in total. The van der Waals surface area contributed by atoms with Crippen LogP contribution in [0.25, 0.3) is 6.08 Å². The number of amides is 1. The van der Waals surface area contributed by atoms with Crippen molar-refractivity contribution in [1.82, 2.24) is 4.90 Å². The Balaban J connectivity index is 2.20. The molecule has 21 heavy (non-hydrogen) atoms. The molecule has 1 N–H and O–H groups in total. The third-order valence-corrected chi connectivity index (χ3v) is 4.72. The fraction of sp³-hybridized carbons (Fsp3) is 0.167. The average Bonchev–Trinajstić information content (AvgIpc) is 2.64. The van der Waals surface area contributed by atoms with Crippen molar-refractivity contribution >= 4 is 50.4 Å². The van der Waals surface area contributed by atoms with Gasteiger partial charge in [0.2, 0.25) is 0 Å². The molecule has 112 valence electrons. The molecular formula is C12H10NO5S3-. The highest BCUT2D eigenvalue weighted by Crippen LogP contribution is 2.33. The maximum atomic E-state index is 12.1. The van der Waals surface area contributed by atoms with E-state index >= 15 is 0 Å². The van der Waals surface area contributed by atoms with E-state index in [0.29, 0.717) is 5.56 Å². The van der Waals surface area contributed by atoms with Gasteiger partial charge in [-0.05, 0) is 12.1 Å². The summed E-state index contributed by atoms with van der Waals surface area (Å²) in [6.07, 6.45) is 1.47. The molecular weight excluding hydrogens is 334 g/mol. The van der Waals surface area contributed by atoms with E-state index in [0.717, 1.165) is 16.7 Å². The number of benzene rings is 1. The van der Waals surface area contributed by atoms with Crippen LogP contribution in [0.15, 0.2) is 29.2 Å². The van der Waals surface area contributed by atoms with Gasteiger partial charge in [0.15, 0.2) is 0 Å². The first-order chi connectivity index (χ1) is 9.78. The highest BCUT2D eigenvalue weighted by atomic mass is 32.2. The van der Waals surface area contributed by atoms with E-state index in [1.807, 2.05) is 0 Å². The first-order valence-electron chi connectivity index (χ1n) is 5.75. The molecule has 1 aromatic carbocycles. The average molecular weight is 344 g/mol. The molecule has 0 spiro atoms. The van der Waals surface area contributed by atoms with E-state index in [4.69, 9.17) is 12.2 Å². The van der Waals surface area contributed by atoms with Gasteiger partial charge in [-0.2, -0.15) is 0 Å². The quantitative estimate of drug-likeness (QED) is 0.497. The SMILES string of the molecule is O=C1/C(=C/c2ccccc2O)SC(=S)N1CCS(=O)(=O)[O-]. The Kier molecular flexibility index (Phi) is 4.67. The van der Waals surface area contributed by atoms with E-state index in [2.05, 4.69) is 0 Å². The summed E-state index contributed by atoms with van der Waals surface area (Å²) in [5.41, 5.74) is 0.453. The number of hydrogen-bond donors (Lipinski definition) is 1. The smallest absolute Gasteiger partial charge is 0.266 e. The number of thiocarbonyl (C=S) groups is 1. The number of phenols is 1. The van der Waals surface area contributed by atoms with Gasteiger partial charge in [-0.15, -0.1) is 0 Å². The van der Waals surface area contributed by atoms with Crippen LogP contribution in [0.3, 0.4) is 0 Å². The summed E-state index contributed by atoms with van der Waals surface area (Å²) in [7, 11) is -4.41. The van der Waals surface area contributed by atoms with Crippen LogP contribution < -0.4 is 0 Å². The Morgan fingerprint density at radius 3 is 2.67 bits per heavy atom. The predicted molar refractivity (Wildman–Crippen MR) is 82.6 cm³/mol. The Hall–Kier alpha value is -1.42. The van der Waals surface area contributed by atoms with Crippen molar-refractivity contribution in [2.24, 2.45) is 0 Å². The molecule has 0 unspecified atom stereocenters. The zero-order chi connectivity index (χ0) is 15.6. The van der Waals surface area contributed by atoms with Crippen LogP contribution in [0.2, 0.25) is 0 Å². The van der Waals surface area contributed by atoms with Crippen molar-refractivity contribution in [2.45, 2.75) is 0 Å². The second-order valence-electron chi connectivity index (χ2n) is 4.15. The van der Waals surface area contributed by atoms with Crippen molar-refractivity contribution in [1.29, 1.82) is 0 Å². The van der Waals surface area contributed by atoms with Gasteiger partial charge in [-0.3, -0.25) is 9.69 Å². The number of carbonyl (C=O) groups is 1. The summed E-state index contributed by atoms with van der Waals surface area (Å²) < 4.78 is 32.1. The fourth-order valence-electron chi connectivity index (χ4n) is 1.65. The summed E-state index contributed by atoms with van der Waals surface area (Å²) in [6, 6.07) is 6.47. The molecule has 0 atom stereocenters. The molecule has 9 heteroatoms. The molecule has 0 bridgehead atoms. The van der Waals surface area contributed by atoms with E-state index in [1.54, 1.807) is 18.2 Å². The topological polar surface area (TPSA) is 97.7 Å². The molecule has 0 aliphatic carbocycles. The van der Waals surface area contributed by atoms with Crippen molar-refractivity contribution in [3.63, 3.8) is 0 Å². The van der Waals surface area contributed by atoms with Crippen LogP contribution in [0.1, 0.15) is 5.56 Å². The minimum absolute atomic E-state index is 0.0184. The predicted octanol–water partition coefficient (Wildman–Crippen LogP) is 1.14. The molecule has 1 aromatic rings. The number of carbonyl (C=O) groups excluding carboxylic acids is 1. The van der Waals surface area contributed by atoms with Crippen LogP contribution in [0, 0.1) is 0 Å². The summed E-state index contributed by atoms with van der Waals surface area (Å²) in [4.78, 5) is 13.5. The normalized spacial score (nSPS) is 17.8. The zero-order valence-corrected chi connectivity index (χ0v) is 13.0. The maximum Gasteiger partial charge on any atom is 0.266 e. The molecule has 1 fully saturated rings. The van der Waals surface area contributed by atoms with E-state index in [1.165, 1.54) is 12.1 Å². The van der Waals surface area contributed by atoms with Crippen LogP contribution in [0.5, 0.6) is 5.75 Å². The van der Waals surface area contributed by atoms with Crippen molar-refractivity contribution in [3.8, 4) is 5.75 Å². The number of phenolic OH excluding ortho intramolecular Hbond substituents is 1. The Morgan fingerprint density at radius 2 is 2.05 bits per heavy atom. The summed E-state index contributed by atoms with van der Waals surface area (Å²) in [6.45, 7) is -0.269. The fourth-order valence-corrected chi connectivity index (χ4v) is 3.35. The van der Waals surface area contributed by atoms with Crippen LogP contribution >= 0.6 is 24.0 Å². The van der Waals surface area contributed by atoms with E-state index in [9.17, 15) is 22.9 Å². The Bertz CT molecular complexity index is 726. The Labute approximate surface area is 131 Å². The molecule has 2 rings (SSSR count). The lowest BCUT2D eigenvalue weighted by Gasteiger charge is -2.15. The molecule has 0 radical (unpaired) electrons. The molecule has 1 amide bonds. The van der Waals surface area contributed by atoms with E-state index < -0.39 is 21.8 Å². The number of hydrogen-bond acceptors (Lipinski definition) is 7. The van der Waals surface area contributed by atoms with Crippen molar-refractivity contribution in [3.05, 3.63) is 34.7 Å². The molecule has 0 saturated carbocycles. The maximum absolute atomic E-state index is 12.1. The van der Waals surface area contributed by atoms with Gasteiger partial charge in [0.05, 0.1) is 20.8 Å². The lowest BCUT2D eigenvalue weighted by Crippen LogP contribution is -2.32. The highest BCUT2D eigenvalue weighted by Gasteiger charge is 2.32. The minimum Gasteiger partial charge on any atom is -0.748 e. The van der Waals surface area contributed by atoms with Gasteiger partial charge in [-0.1, -0.05) is 42.2 Å². The number of para-hydroxylation sites is 1. The standard InChI is InChI=1S/C12H11NO5S3/c14-9-4-2-1-3-8(9)7-10-11(15)13(12(19)20-10)5-6-21(16,17)18/h1-4,7,14H,5-6H2,(H,16,17,18)/p-1/b10-7-. The van der Waals surface area contributed by atoms with Gasteiger partial charge in [-0.25, -0.2) is 8.42 Å². The number of nitrogens with zero attached hydrogens (tertiary/aromatic N) is 1. The zero-order valence-electron chi connectivity index (χ0n) is 10.6. The first kappa shape index (κ1) is 16.0. The lowest BCUT2D eigenvalue weighted by molar-refractivity contribution is -0.121. The second-order valence-corrected chi connectivity index (χ2v) is 7.35. The molecule has 0 aromatic heterocycles. The molecule has 1 aliphatic rings. The minimum atomic E-state index is -4.41. The van der Waals surface area contributed by atoms with Crippen molar-refractivity contribution in [2.75, 3.05) is 12.3 Å². The number of rotatable bonds is 4. The monoisotopic (exact) mass is 344 g/mol. The van der Waals surface area contributed by atoms with Gasteiger partial charge in [0, 0.05) is 12.1 Å². The molecule has 1 heterocycles. The molecule has 1 aliphatic heterocycles. The third kappa shape index (κ3) is 4.03. The van der Waals surface area contributed by atoms with Gasteiger partial charge in [0.1, 0.15) is 10.1 Å². The summed E-state index contributed by atoms with van der Waals surface area (Å²) >= 11 is 6.00. The third-order valence-electron chi connectivity index (χ3n) is 2.66. The van der Waals surface area contributed by atoms with Gasteiger partial charge >= 0.3 is 0 Å². The Morgan fingerprint density at radius 1 is 1.38 bits per heavy atom.